The zero-order valence-corrected chi connectivity index (χ0v) is 17.4. The summed E-state index contributed by atoms with van der Waals surface area (Å²) in [5.41, 5.74) is 3.36. The van der Waals surface area contributed by atoms with Gasteiger partial charge in [0.25, 0.3) is 0 Å². The highest BCUT2D eigenvalue weighted by atomic mass is 16.5. The van der Waals surface area contributed by atoms with Crippen LogP contribution in [-0.4, -0.2) is 35.8 Å². The van der Waals surface area contributed by atoms with Crippen LogP contribution in [0.1, 0.15) is 48.1 Å². The van der Waals surface area contributed by atoms with Crippen LogP contribution in [-0.2, 0) is 4.74 Å². The molecule has 3 aromatic rings. The summed E-state index contributed by atoms with van der Waals surface area (Å²) in [6.45, 7) is 2.33. The SMILES string of the molecule is O[C@@H](COC(c1ccccc1)c1ccccc1)[C@@H](c1ccccc1)N1CCCCC1. The monoisotopic (exact) mass is 401 g/mol. The van der Waals surface area contributed by atoms with Gasteiger partial charge < -0.3 is 9.84 Å². The Balaban J connectivity index is 1.54. The number of aliphatic hydroxyl groups excluding tert-OH is 1. The number of piperidine rings is 1. The molecular formula is C27H31NO2. The molecule has 0 aromatic heterocycles. The van der Waals surface area contributed by atoms with Gasteiger partial charge in [-0.25, -0.2) is 0 Å². The molecule has 1 fully saturated rings. The van der Waals surface area contributed by atoms with E-state index in [1.165, 1.54) is 19.3 Å². The van der Waals surface area contributed by atoms with Crippen LogP contribution in [0.25, 0.3) is 0 Å². The molecule has 0 unspecified atom stereocenters. The standard InChI is InChI=1S/C27H31NO2/c29-25(26(22-13-5-1-6-14-22)28-19-11-4-12-20-28)21-30-27(23-15-7-2-8-16-23)24-17-9-3-10-18-24/h1-3,5-10,13-18,25-27,29H,4,11-12,19-21H2/t25-,26+/m0/s1. The summed E-state index contributed by atoms with van der Waals surface area (Å²) in [5.74, 6) is 0. The second-order valence-corrected chi connectivity index (χ2v) is 8.05. The lowest BCUT2D eigenvalue weighted by Crippen LogP contribution is -2.41. The van der Waals surface area contributed by atoms with E-state index in [0.717, 1.165) is 29.8 Å². The molecular weight excluding hydrogens is 370 g/mol. The number of hydrogen-bond donors (Lipinski definition) is 1. The Hall–Kier alpha value is -2.46. The maximum absolute atomic E-state index is 11.3. The van der Waals surface area contributed by atoms with E-state index in [4.69, 9.17) is 4.74 Å². The number of hydrogen-bond acceptors (Lipinski definition) is 3. The average molecular weight is 402 g/mol. The molecule has 1 saturated heterocycles. The molecule has 2 atom stereocenters. The van der Waals surface area contributed by atoms with Gasteiger partial charge in [0.15, 0.2) is 0 Å². The van der Waals surface area contributed by atoms with Gasteiger partial charge in [0.1, 0.15) is 6.10 Å². The van der Waals surface area contributed by atoms with Crippen molar-refractivity contribution in [2.75, 3.05) is 19.7 Å². The first-order valence-electron chi connectivity index (χ1n) is 11.0. The van der Waals surface area contributed by atoms with Crippen molar-refractivity contribution < 1.29 is 9.84 Å². The predicted octanol–water partition coefficient (Wildman–Crippen LogP) is 5.38. The van der Waals surface area contributed by atoms with Crippen molar-refractivity contribution in [1.29, 1.82) is 0 Å². The molecule has 0 saturated carbocycles. The summed E-state index contributed by atoms with van der Waals surface area (Å²) < 4.78 is 6.39. The van der Waals surface area contributed by atoms with Crippen LogP contribution in [0.5, 0.6) is 0 Å². The van der Waals surface area contributed by atoms with Gasteiger partial charge in [-0.3, -0.25) is 4.90 Å². The molecule has 3 nitrogen and oxygen atoms in total. The largest absolute Gasteiger partial charge is 0.389 e. The molecule has 0 bridgehead atoms. The second kappa shape index (κ2) is 10.5. The van der Waals surface area contributed by atoms with Crippen molar-refractivity contribution in [3.63, 3.8) is 0 Å². The van der Waals surface area contributed by atoms with Crippen molar-refractivity contribution in [3.8, 4) is 0 Å². The molecule has 1 aliphatic heterocycles. The number of aliphatic hydroxyl groups is 1. The Morgan fingerprint density at radius 1 is 0.667 bits per heavy atom. The zero-order chi connectivity index (χ0) is 20.6. The van der Waals surface area contributed by atoms with Gasteiger partial charge in [-0.05, 0) is 42.6 Å². The van der Waals surface area contributed by atoms with Crippen molar-refractivity contribution in [1.82, 2.24) is 4.90 Å². The lowest BCUT2D eigenvalue weighted by molar-refractivity contribution is -0.0409. The van der Waals surface area contributed by atoms with E-state index in [9.17, 15) is 5.11 Å². The van der Waals surface area contributed by atoms with Crippen LogP contribution < -0.4 is 0 Å². The van der Waals surface area contributed by atoms with Gasteiger partial charge in [-0.15, -0.1) is 0 Å². The van der Waals surface area contributed by atoms with Crippen LogP contribution in [0.3, 0.4) is 0 Å². The topological polar surface area (TPSA) is 32.7 Å². The Morgan fingerprint density at radius 2 is 1.13 bits per heavy atom. The molecule has 0 aliphatic carbocycles. The predicted molar refractivity (Wildman–Crippen MR) is 121 cm³/mol. The van der Waals surface area contributed by atoms with E-state index in [0.29, 0.717) is 0 Å². The van der Waals surface area contributed by atoms with E-state index < -0.39 is 6.10 Å². The molecule has 4 rings (SSSR count). The Labute approximate surface area is 179 Å². The van der Waals surface area contributed by atoms with Crippen LogP contribution in [0.15, 0.2) is 91.0 Å². The first-order chi connectivity index (χ1) is 14.8. The third kappa shape index (κ3) is 5.17. The highest BCUT2D eigenvalue weighted by Crippen LogP contribution is 2.31. The molecule has 1 N–H and O–H groups in total. The van der Waals surface area contributed by atoms with E-state index >= 15 is 0 Å². The van der Waals surface area contributed by atoms with E-state index in [1.54, 1.807) is 0 Å². The molecule has 1 aliphatic rings. The molecule has 0 spiro atoms. The summed E-state index contributed by atoms with van der Waals surface area (Å²) in [4.78, 5) is 2.42. The van der Waals surface area contributed by atoms with Crippen molar-refractivity contribution >= 4 is 0 Å². The van der Waals surface area contributed by atoms with Crippen molar-refractivity contribution in [2.45, 2.75) is 37.5 Å². The van der Waals surface area contributed by atoms with E-state index in [1.807, 2.05) is 42.5 Å². The Bertz CT molecular complexity index is 824. The summed E-state index contributed by atoms with van der Waals surface area (Å²) in [6, 6.07) is 30.8. The average Bonchev–Trinajstić information content (AvgIpc) is 2.82. The van der Waals surface area contributed by atoms with Gasteiger partial charge in [0.2, 0.25) is 0 Å². The minimum Gasteiger partial charge on any atom is -0.389 e. The van der Waals surface area contributed by atoms with Crippen molar-refractivity contribution in [3.05, 3.63) is 108 Å². The van der Waals surface area contributed by atoms with Gasteiger partial charge in [-0.1, -0.05) is 97.4 Å². The fourth-order valence-corrected chi connectivity index (χ4v) is 4.45. The molecule has 30 heavy (non-hydrogen) atoms. The maximum atomic E-state index is 11.3. The lowest BCUT2D eigenvalue weighted by Gasteiger charge is -2.38. The van der Waals surface area contributed by atoms with Gasteiger partial charge in [-0.2, -0.15) is 0 Å². The number of benzene rings is 3. The maximum Gasteiger partial charge on any atom is 0.108 e. The van der Waals surface area contributed by atoms with Gasteiger partial charge >= 0.3 is 0 Å². The van der Waals surface area contributed by atoms with Crippen LogP contribution in [0.2, 0.25) is 0 Å². The Morgan fingerprint density at radius 3 is 1.63 bits per heavy atom. The summed E-state index contributed by atoms with van der Waals surface area (Å²) in [7, 11) is 0. The first kappa shape index (κ1) is 20.8. The van der Waals surface area contributed by atoms with Crippen LogP contribution >= 0.6 is 0 Å². The Kier molecular flexibility index (Phi) is 7.30. The number of likely N-dealkylation sites (tertiary alicyclic amines) is 1. The first-order valence-corrected chi connectivity index (χ1v) is 11.0. The van der Waals surface area contributed by atoms with E-state index in [2.05, 4.69) is 53.4 Å². The smallest absolute Gasteiger partial charge is 0.108 e. The third-order valence-corrected chi connectivity index (χ3v) is 5.93. The van der Waals surface area contributed by atoms with Crippen LogP contribution in [0, 0.1) is 0 Å². The number of nitrogens with zero attached hydrogens (tertiary/aromatic N) is 1. The minimum atomic E-state index is -0.597. The molecule has 1 heterocycles. The lowest BCUT2D eigenvalue weighted by atomic mass is 9.97. The minimum absolute atomic E-state index is 0.0429. The highest BCUT2D eigenvalue weighted by Gasteiger charge is 2.30. The molecule has 3 aromatic carbocycles. The molecule has 3 heteroatoms. The van der Waals surface area contributed by atoms with E-state index in [-0.39, 0.29) is 18.8 Å². The quantitative estimate of drug-likeness (QED) is 0.550. The van der Waals surface area contributed by atoms with Crippen LogP contribution in [0.4, 0.5) is 0 Å². The molecule has 156 valence electrons. The summed E-state index contributed by atoms with van der Waals surface area (Å²) in [5, 5.41) is 11.3. The summed E-state index contributed by atoms with van der Waals surface area (Å²) in [6.07, 6.45) is 2.86. The van der Waals surface area contributed by atoms with Crippen molar-refractivity contribution in [2.24, 2.45) is 0 Å². The zero-order valence-electron chi connectivity index (χ0n) is 17.4. The third-order valence-electron chi connectivity index (χ3n) is 5.93. The van der Waals surface area contributed by atoms with Gasteiger partial charge in [0.05, 0.1) is 18.8 Å². The number of rotatable bonds is 8. The fraction of sp³-hybridized carbons (Fsp3) is 0.333. The molecule has 0 amide bonds. The number of ether oxygens (including phenoxy) is 1. The molecule has 0 radical (unpaired) electrons. The fourth-order valence-electron chi connectivity index (χ4n) is 4.45. The normalized spacial score (nSPS) is 17.0. The van der Waals surface area contributed by atoms with Gasteiger partial charge in [0, 0.05) is 0 Å². The second-order valence-electron chi connectivity index (χ2n) is 8.05. The highest BCUT2D eigenvalue weighted by molar-refractivity contribution is 5.30. The summed E-state index contributed by atoms with van der Waals surface area (Å²) >= 11 is 0.